The van der Waals surface area contributed by atoms with Crippen LogP contribution in [0.4, 0.5) is 0 Å². The number of rotatable bonds is 7. The topological polar surface area (TPSA) is 58.2 Å². The predicted octanol–water partition coefficient (Wildman–Crippen LogP) is 1.87. The zero-order valence-electron chi connectivity index (χ0n) is 11.9. The minimum absolute atomic E-state index is 0.155. The lowest BCUT2D eigenvalue weighted by Crippen LogP contribution is -2.44. The van der Waals surface area contributed by atoms with Crippen LogP contribution in [-0.2, 0) is 10.0 Å². The molecule has 5 heteroatoms. The molecule has 0 bridgehead atoms. The SMILES string of the molecule is CCCC1CCC(NS(=O)(=O)C(C)CNC)CC1. The zero-order chi connectivity index (χ0) is 13.6. The first kappa shape index (κ1) is 15.9. The molecule has 1 aliphatic carbocycles. The zero-order valence-corrected chi connectivity index (χ0v) is 12.7. The Labute approximate surface area is 112 Å². The Bertz CT molecular complexity index is 322. The molecule has 1 unspecified atom stereocenters. The van der Waals surface area contributed by atoms with Crippen molar-refractivity contribution in [3.8, 4) is 0 Å². The Kier molecular flexibility index (Phi) is 6.60. The molecule has 2 N–H and O–H groups in total. The summed E-state index contributed by atoms with van der Waals surface area (Å²) in [7, 11) is -1.38. The molecule has 1 atom stereocenters. The second-order valence-electron chi connectivity index (χ2n) is 5.54. The van der Waals surface area contributed by atoms with Gasteiger partial charge in [-0.1, -0.05) is 19.8 Å². The van der Waals surface area contributed by atoms with Gasteiger partial charge in [0, 0.05) is 12.6 Å². The fraction of sp³-hybridized carbons (Fsp3) is 1.00. The third-order valence-electron chi connectivity index (χ3n) is 3.90. The molecule has 0 aromatic rings. The van der Waals surface area contributed by atoms with Crippen molar-refractivity contribution in [2.45, 2.75) is 63.7 Å². The summed E-state index contributed by atoms with van der Waals surface area (Å²) in [4.78, 5) is 0. The van der Waals surface area contributed by atoms with E-state index in [0.717, 1.165) is 18.8 Å². The fourth-order valence-electron chi connectivity index (χ4n) is 2.72. The number of sulfonamides is 1. The molecule has 0 heterocycles. The van der Waals surface area contributed by atoms with E-state index in [1.54, 1.807) is 14.0 Å². The maximum Gasteiger partial charge on any atom is 0.215 e. The van der Waals surface area contributed by atoms with Gasteiger partial charge in [0.05, 0.1) is 5.25 Å². The highest BCUT2D eigenvalue weighted by molar-refractivity contribution is 7.90. The summed E-state index contributed by atoms with van der Waals surface area (Å²) >= 11 is 0. The van der Waals surface area contributed by atoms with Gasteiger partial charge in [-0.2, -0.15) is 0 Å². The lowest BCUT2D eigenvalue weighted by Gasteiger charge is -2.29. The predicted molar refractivity (Wildman–Crippen MR) is 76.1 cm³/mol. The van der Waals surface area contributed by atoms with Gasteiger partial charge >= 0.3 is 0 Å². The van der Waals surface area contributed by atoms with Crippen molar-refractivity contribution in [3.05, 3.63) is 0 Å². The van der Waals surface area contributed by atoms with E-state index in [0.29, 0.717) is 6.54 Å². The number of hydrogen-bond acceptors (Lipinski definition) is 3. The van der Waals surface area contributed by atoms with Crippen molar-refractivity contribution in [2.75, 3.05) is 13.6 Å². The smallest absolute Gasteiger partial charge is 0.215 e. The monoisotopic (exact) mass is 276 g/mol. The van der Waals surface area contributed by atoms with Crippen LogP contribution < -0.4 is 10.0 Å². The summed E-state index contributed by atoms with van der Waals surface area (Å²) < 4.78 is 27.0. The largest absolute Gasteiger partial charge is 0.318 e. The highest BCUT2D eigenvalue weighted by atomic mass is 32.2. The van der Waals surface area contributed by atoms with E-state index in [1.807, 2.05) is 0 Å². The maximum atomic E-state index is 12.0. The van der Waals surface area contributed by atoms with E-state index in [4.69, 9.17) is 0 Å². The fourth-order valence-corrected chi connectivity index (χ4v) is 4.04. The molecule has 1 fully saturated rings. The molecule has 0 amide bonds. The standard InChI is InChI=1S/C13H28N2O2S/c1-4-5-12-6-8-13(9-7-12)15-18(16,17)11(2)10-14-3/h11-15H,4-10H2,1-3H3. The van der Waals surface area contributed by atoms with Crippen LogP contribution in [0.3, 0.4) is 0 Å². The molecule has 0 aromatic heterocycles. The van der Waals surface area contributed by atoms with Gasteiger partial charge in [0.25, 0.3) is 0 Å². The molecule has 1 rings (SSSR count). The quantitative estimate of drug-likeness (QED) is 0.746. The van der Waals surface area contributed by atoms with Crippen LogP contribution in [0.5, 0.6) is 0 Å². The Morgan fingerprint density at radius 3 is 2.33 bits per heavy atom. The lowest BCUT2D eigenvalue weighted by atomic mass is 9.84. The van der Waals surface area contributed by atoms with Gasteiger partial charge in [-0.25, -0.2) is 13.1 Å². The molecule has 0 aromatic carbocycles. The Morgan fingerprint density at radius 1 is 1.22 bits per heavy atom. The number of nitrogens with one attached hydrogen (secondary N) is 2. The molecule has 0 radical (unpaired) electrons. The molecule has 108 valence electrons. The average Bonchev–Trinajstić information content (AvgIpc) is 2.32. The van der Waals surface area contributed by atoms with Crippen molar-refractivity contribution in [1.82, 2.24) is 10.0 Å². The van der Waals surface area contributed by atoms with Crippen molar-refractivity contribution in [2.24, 2.45) is 5.92 Å². The number of hydrogen-bond donors (Lipinski definition) is 2. The van der Waals surface area contributed by atoms with Crippen LogP contribution in [0.1, 0.15) is 52.4 Å². The van der Waals surface area contributed by atoms with Crippen molar-refractivity contribution >= 4 is 10.0 Å². The first-order valence-electron chi connectivity index (χ1n) is 7.15. The highest BCUT2D eigenvalue weighted by Crippen LogP contribution is 2.28. The van der Waals surface area contributed by atoms with E-state index < -0.39 is 10.0 Å². The van der Waals surface area contributed by atoms with Crippen molar-refractivity contribution in [1.29, 1.82) is 0 Å². The van der Waals surface area contributed by atoms with Crippen LogP contribution in [0, 0.1) is 5.92 Å². The molecular formula is C13H28N2O2S. The van der Waals surface area contributed by atoms with Gasteiger partial charge < -0.3 is 5.32 Å². The molecule has 0 saturated heterocycles. The van der Waals surface area contributed by atoms with Crippen LogP contribution in [0.25, 0.3) is 0 Å². The molecule has 18 heavy (non-hydrogen) atoms. The molecule has 1 aliphatic rings. The van der Waals surface area contributed by atoms with E-state index >= 15 is 0 Å². The van der Waals surface area contributed by atoms with E-state index in [-0.39, 0.29) is 11.3 Å². The summed E-state index contributed by atoms with van der Waals surface area (Å²) in [6.07, 6.45) is 6.85. The Morgan fingerprint density at radius 2 is 1.83 bits per heavy atom. The third kappa shape index (κ3) is 4.86. The van der Waals surface area contributed by atoms with E-state index in [1.165, 1.54) is 25.7 Å². The average molecular weight is 276 g/mol. The normalized spacial score (nSPS) is 27.1. The van der Waals surface area contributed by atoms with E-state index in [9.17, 15) is 8.42 Å². The summed E-state index contributed by atoms with van der Waals surface area (Å²) in [6, 6.07) is 0.155. The molecule has 0 aliphatic heterocycles. The second kappa shape index (κ2) is 7.46. The van der Waals surface area contributed by atoms with Crippen molar-refractivity contribution in [3.63, 3.8) is 0 Å². The van der Waals surface area contributed by atoms with Crippen molar-refractivity contribution < 1.29 is 8.42 Å². The van der Waals surface area contributed by atoms with Crippen LogP contribution in [-0.4, -0.2) is 33.3 Å². The Hall–Kier alpha value is -0.130. The molecule has 1 saturated carbocycles. The summed E-state index contributed by atoms with van der Waals surface area (Å²) in [5.74, 6) is 0.811. The van der Waals surface area contributed by atoms with Gasteiger partial charge in [0.2, 0.25) is 10.0 Å². The van der Waals surface area contributed by atoms with Gasteiger partial charge in [0.1, 0.15) is 0 Å². The molecular weight excluding hydrogens is 248 g/mol. The van der Waals surface area contributed by atoms with Crippen LogP contribution >= 0.6 is 0 Å². The second-order valence-corrected chi connectivity index (χ2v) is 7.67. The van der Waals surface area contributed by atoms with Gasteiger partial charge in [-0.15, -0.1) is 0 Å². The summed E-state index contributed by atoms with van der Waals surface area (Å²) in [5.41, 5.74) is 0. The highest BCUT2D eigenvalue weighted by Gasteiger charge is 2.27. The van der Waals surface area contributed by atoms with Gasteiger partial charge in [0.15, 0.2) is 0 Å². The van der Waals surface area contributed by atoms with Gasteiger partial charge in [-0.05, 0) is 45.6 Å². The first-order valence-corrected chi connectivity index (χ1v) is 8.70. The summed E-state index contributed by atoms with van der Waals surface area (Å²) in [6.45, 7) is 4.47. The van der Waals surface area contributed by atoms with Crippen LogP contribution in [0.15, 0.2) is 0 Å². The summed E-state index contributed by atoms with van der Waals surface area (Å²) in [5, 5.41) is 2.55. The van der Waals surface area contributed by atoms with E-state index in [2.05, 4.69) is 17.0 Å². The minimum Gasteiger partial charge on any atom is -0.318 e. The molecule has 4 nitrogen and oxygen atoms in total. The molecule has 0 spiro atoms. The maximum absolute atomic E-state index is 12.0. The van der Waals surface area contributed by atoms with Gasteiger partial charge in [-0.3, -0.25) is 0 Å². The van der Waals surface area contributed by atoms with Crippen LogP contribution in [0.2, 0.25) is 0 Å². The first-order chi connectivity index (χ1) is 8.49. The third-order valence-corrected chi connectivity index (χ3v) is 5.78. The Balaban J connectivity index is 2.40. The minimum atomic E-state index is -3.16. The lowest BCUT2D eigenvalue weighted by molar-refractivity contribution is 0.297.